The number of hydrogen-bond donors (Lipinski definition) is 1. The van der Waals surface area contributed by atoms with Crippen molar-refractivity contribution in [2.75, 3.05) is 12.4 Å². The highest BCUT2D eigenvalue weighted by atomic mass is 35.5. The number of thioether (sulfide) groups is 1. The quantitative estimate of drug-likeness (QED) is 0.349. The van der Waals surface area contributed by atoms with E-state index in [0.29, 0.717) is 23.4 Å². The summed E-state index contributed by atoms with van der Waals surface area (Å²) in [7, 11) is 1.36. The topological polar surface area (TPSA) is 106 Å². The second-order valence-corrected chi connectivity index (χ2v) is 9.50. The molecule has 2 aromatic carbocycles. The Kier molecular flexibility index (Phi) is 8.74. The van der Waals surface area contributed by atoms with Gasteiger partial charge in [-0.3, -0.25) is 9.59 Å². The van der Waals surface area contributed by atoms with Crippen LogP contribution in [0.4, 0.5) is 19.3 Å². The lowest BCUT2D eigenvalue weighted by Crippen LogP contribution is -2.34. The number of hydrazone groups is 1. The van der Waals surface area contributed by atoms with Crippen molar-refractivity contribution in [1.29, 1.82) is 0 Å². The van der Waals surface area contributed by atoms with Crippen LogP contribution in [-0.4, -0.2) is 51.0 Å². The summed E-state index contributed by atoms with van der Waals surface area (Å²) < 4.78 is 35.1. The van der Waals surface area contributed by atoms with Gasteiger partial charge < -0.3 is 14.8 Å². The number of aromatic nitrogens is 2. The fourth-order valence-electron chi connectivity index (χ4n) is 3.61. The van der Waals surface area contributed by atoms with Crippen molar-refractivity contribution in [1.82, 2.24) is 15.2 Å². The van der Waals surface area contributed by atoms with Gasteiger partial charge in [0.1, 0.15) is 0 Å². The Hall–Kier alpha value is -3.77. The molecule has 4 rings (SSSR count). The Balaban J connectivity index is 1.51. The molecule has 1 aliphatic rings. The van der Waals surface area contributed by atoms with Crippen molar-refractivity contribution >= 4 is 45.9 Å². The van der Waals surface area contributed by atoms with E-state index in [-0.39, 0.29) is 39.4 Å². The lowest BCUT2D eigenvalue weighted by molar-refractivity contribution is -0.0512. The summed E-state index contributed by atoms with van der Waals surface area (Å²) in [5.74, 6) is -0.396. The van der Waals surface area contributed by atoms with E-state index < -0.39 is 12.5 Å². The first-order valence-corrected chi connectivity index (χ1v) is 12.6. The Morgan fingerprint density at radius 2 is 1.89 bits per heavy atom. The molecular formula is C25H22ClF2N5O4S. The maximum atomic E-state index is 12.8. The van der Waals surface area contributed by atoms with Gasteiger partial charge in [0, 0.05) is 11.3 Å². The molecule has 2 amide bonds. The molecule has 0 saturated carbocycles. The van der Waals surface area contributed by atoms with Crippen LogP contribution in [0.25, 0.3) is 0 Å². The first-order valence-electron chi connectivity index (χ1n) is 11.4. The molecule has 198 valence electrons. The molecule has 1 aliphatic heterocycles. The fraction of sp³-hybridized carbons (Fsp3) is 0.240. The Labute approximate surface area is 226 Å². The highest BCUT2D eigenvalue weighted by Gasteiger charge is 2.31. The minimum Gasteiger partial charge on any atom is -0.493 e. The molecule has 1 aromatic heterocycles. The Morgan fingerprint density at radius 3 is 2.53 bits per heavy atom. The molecule has 38 heavy (non-hydrogen) atoms. The van der Waals surface area contributed by atoms with Gasteiger partial charge in [0.2, 0.25) is 0 Å². The predicted octanol–water partition coefficient (Wildman–Crippen LogP) is 5.84. The average Bonchev–Trinajstić information content (AvgIpc) is 2.91. The lowest BCUT2D eigenvalue weighted by Gasteiger charge is -2.28. The number of amides is 2. The summed E-state index contributed by atoms with van der Waals surface area (Å²) in [6.45, 7) is -0.865. The Bertz CT molecular complexity index is 1340. The molecule has 9 nitrogen and oxygen atoms in total. The van der Waals surface area contributed by atoms with Gasteiger partial charge in [0.15, 0.2) is 22.3 Å². The number of anilines is 1. The molecule has 0 saturated heterocycles. The van der Waals surface area contributed by atoms with Crippen LogP contribution in [0.5, 0.6) is 11.5 Å². The number of carbonyl (C=O) groups is 2. The normalized spacial score (nSPS) is 15.3. The van der Waals surface area contributed by atoms with E-state index in [4.69, 9.17) is 16.3 Å². The summed E-state index contributed by atoms with van der Waals surface area (Å²) >= 11 is 6.84. The highest BCUT2D eigenvalue weighted by Crippen LogP contribution is 2.34. The molecule has 0 aliphatic carbocycles. The molecule has 2 heterocycles. The van der Waals surface area contributed by atoms with Crippen molar-refractivity contribution < 1.29 is 27.8 Å². The zero-order valence-electron chi connectivity index (χ0n) is 20.2. The van der Waals surface area contributed by atoms with Gasteiger partial charge >= 0.3 is 11.9 Å². The van der Waals surface area contributed by atoms with Crippen LogP contribution < -0.4 is 14.8 Å². The number of ether oxygens (including phenoxy) is 2. The third-order valence-corrected chi connectivity index (χ3v) is 6.90. The minimum atomic E-state index is -2.99. The summed E-state index contributed by atoms with van der Waals surface area (Å²) in [5, 5.41) is 15.8. The van der Waals surface area contributed by atoms with E-state index in [1.54, 1.807) is 36.4 Å². The third-order valence-electron chi connectivity index (χ3n) is 5.44. The van der Waals surface area contributed by atoms with Crippen molar-refractivity contribution in [2.45, 2.75) is 31.8 Å². The van der Waals surface area contributed by atoms with Crippen molar-refractivity contribution in [3.05, 3.63) is 76.6 Å². The van der Waals surface area contributed by atoms with Crippen LogP contribution in [0, 0.1) is 0 Å². The summed E-state index contributed by atoms with van der Waals surface area (Å²) in [6, 6.07) is 14.4. The summed E-state index contributed by atoms with van der Waals surface area (Å²) in [5.41, 5.74) is 2.67. The maximum Gasteiger partial charge on any atom is 0.387 e. The standard InChI is InChI=1S/C25H22ClF2N5O4S/c1-3-20-22(15-6-10-18(37-24(27)28)19(12-15)36-2)32-33(25(35)38-20)13-14-4-7-16(8-5-14)29-23(34)17-9-11-21(26)31-30-17/h4-12,20,24H,3,13H2,1-2H3,(H,29,34). The van der Waals surface area contributed by atoms with E-state index in [2.05, 4.69) is 25.4 Å². The smallest absolute Gasteiger partial charge is 0.387 e. The van der Waals surface area contributed by atoms with E-state index >= 15 is 0 Å². The molecule has 1 unspecified atom stereocenters. The summed E-state index contributed by atoms with van der Waals surface area (Å²) in [6.07, 6.45) is 0.632. The van der Waals surface area contributed by atoms with Gasteiger partial charge in [-0.15, -0.1) is 10.2 Å². The molecule has 3 aromatic rings. The lowest BCUT2D eigenvalue weighted by atomic mass is 10.0. The van der Waals surface area contributed by atoms with E-state index in [0.717, 1.165) is 17.3 Å². The zero-order valence-corrected chi connectivity index (χ0v) is 21.8. The monoisotopic (exact) mass is 561 g/mol. The van der Waals surface area contributed by atoms with Gasteiger partial charge in [-0.25, -0.2) is 5.01 Å². The SMILES string of the molecule is CCC1SC(=O)N(Cc2ccc(NC(=O)c3ccc(Cl)nn3)cc2)N=C1c1ccc(OC(F)F)c(OC)c1. The first kappa shape index (κ1) is 27.3. The number of benzene rings is 2. The van der Waals surface area contributed by atoms with Crippen LogP contribution in [-0.2, 0) is 6.54 Å². The second kappa shape index (κ2) is 12.2. The highest BCUT2D eigenvalue weighted by molar-refractivity contribution is 8.14. The molecule has 0 radical (unpaired) electrons. The van der Waals surface area contributed by atoms with Crippen LogP contribution in [0.15, 0.2) is 59.7 Å². The molecule has 0 spiro atoms. The number of hydrogen-bond acceptors (Lipinski definition) is 8. The van der Waals surface area contributed by atoms with Gasteiger partial charge in [-0.05, 0) is 54.4 Å². The number of halogens is 3. The number of carbonyl (C=O) groups excluding carboxylic acids is 2. The van der Waals surface area contributed by atoms with Crippen LogP contribution in [0.2, 0.25) is 5.15 Å². The van der Waals surface area contributed by atoms with Crippen molar-refractivity contribution in [3.63, 3.8) is 0 Å². The fourth-order valence-corrected chi connectivity index (χ4v) is 4.65. The molecule has 0 fully saturated rings. The largest absolute Gasteiger partial charge is 0.493 e. The number of methoxy groups -OCH3 is 1. The van der Waals surface area contributed by atoms with E-state index in [1.807, 2.05) is 6.92 Å². The van der Waals surface area contributed by atoms with Crippen LogP contribution in [0.3, 0.4) is 0 Å². The maximum absolute atomic E-state index is 12.8. The van der Waals surface area contributed by atoms with Crippen LogP contribution in [0.1, 0.15) is 35.0 Å². The number of nitrogens with zero attached hydrogens (tertiary/aromatic N) is 4. The van der Waals surface area contributed by atoms with Gasteiger partial charge in [-0.1, -0.05) is 42.4 Å². The number of rotatable bonds is 9. The molecule has 1 atom stereocenters. The molecule has 1 N–H and O–H groups in total. The van der Waals surface area contributed by atoms with Crippen molar-refractivity contribution in [3.8, 4) is 11.5 Å². The van der Waals surface area contributed by atoms with Gasteiger partial charge in [0.05, 0.1) is 24.6 Å². The van der Waals surface area contributed by atoms with Gasteiger partial charge in [0.25, 0.3) is 5.91 Å². The predicted molar refractivity (Wildman–Crippen MR) is 140 cm³/mol. The van der Waals surface area contributed by atoms with E-state index in [9.17, 15) is 18.4 Å². The molecule has 13 heteroatoms. The van der Waals surface area contributed by atoms with Gasteiger partial charge in [-0.2, -0.15) is 13.9 Å². The molecular weight excluding hydrogens is 540 g/mol. The van der Waals surface area contributed by atoms with E-state index in [1.165, 1.54) is 30.3 Å². The average molecular weight is 562 g/mol. The third kappa shape index (κ3) is 6.56. The summed E-state index contributed by atoms with van der Waals surface area (Å²) in [4.78, 5) is 25.1. The number of nitrogens with one attached hydrogen (secondary N) is 1. The second-order valence-electron chi connectivity index (χ2n) is 7.96. The van der Waals surface area contributed by atoms with Crippen molar-refractivity contribution in [2.24, 2.45) is 5.10 Å². The first-order chi connectivity index (χ1) is 18.3. The zero-order chi connectivity index (χ0) is 27.2. The number of alkyl halides is 2. The Morgan fingerprint density at radius 1 is 1.13 bits per heavy atom. The molecule has 0 bridgehead atoms. The minimum absolute atomic E-state index is 0.0911. The van der Waals surface area contributed by atoms with Crippen LogP contribution >= 0.6 is 23.4 Å².